The Labute approximate surface area is 126 Å². The molecule has 1 heteroatoms. The first-order chi connectivity index (χ1) is 9.46. The molecule has 0 bridgehead atoms. The van der Waals surface area contributed by atoms with E-state index in [9.17, 15) is 0 Å². The first kappa shape index (κ1) is 17.2. The Hall–Kier alpha value is -0.820. The summed E-state index contributed by atoms with van der Waals surface area (Å²) in [4.78, 5) is 0. The molecule has 1 N–H and O–H groups in total. The van der Waals surface area contributed by atoms with Gasteiger partial charge in [-0.1, -0.05) is 65.8 Å². The summed E-state index contributed by atoms with van der Waals surface area (Å²) < 4.78 is 0. The molecule has 2 atom stereocenters. The third-order valence-electron chi connectivity index (χ3n) is 4.74. The Morgan fingerprint density at radius 1 is 1.00 bits per heavy atom. The van der Waals surface area contributed by atoms with Crippen LogP contribution in [0.15, 0.2) is 24.3 Å². The maximum Gasteiger partial charge on any atom is 0.0371 e. The van der Waals surface area contributed by atoms with Crippen molar-refractivity contribution in [3.63, 3.8) is 0 Å². The van der Waals surface area contributed by atoms with Gasteiger partial charge in [-0.2, -0.15) is 0 Å². The van der Waals surface area contributed by atoms with Gasteiger partial charge in [0.1, 0.15) is 0 Å². The highest BCUT2D eigenvalue weighted by Gasteiger charge is 2.28. The van der Waals surface area contributed by atoms with Gasteiger partial charge in [0.05, 0.1) is 0 Å². The molecular weight excluding hydrogens is 242 g/mol. The molecule has 0 spiro atoms. The Bertz CT molecular complexity index is 377. The molecule has 20 heavy (non-hydrogen) atoms. The standard InChI is InChI=1S/C19H33N/c1-7-14-20-18(19(5,6)9-3)17-12-10-16(11-13-17)15(4)8-2/h10-13,15,18,20H,7-9,14H2,1-6H3. The molecule has 0 amide bonds. The molecule has 1 nitrogen and oxygen atoms in total. The fourth-order valence-electron chi connectivity index (χ4n) is 2.59. The molecule has 1 rings (SSSR count). The zero-order valence-electron chi connectivity index (χ0n) is 14.3. The van der Waals surface area contributed by atoms with Crippen molar-refractivity contribution in [3.05, 3.63) is 35.4 Å². The van der Waals surface area contributed by atoms with E-state index in [4.69, 9.17) is 0 Å². The van der Waals surface area contributed by atoms with Crippen LogP contribution < -0.4 is 5.32 Å². The summed E-state index contributed by atoms with van der Waals surface area (Å²) in [6, 6.07) is 9.72. The number of hydrogen-bond donors (Lipinski definition) is 1. The zero-order valence-corrected chi connectivity index (χ0v) is 14.3. The Kier molecular flexibility index (Phi) is 6.75. The minimum Gasteiger partial charge on any atom is -0.309 e. The number of hydrogen-bond acceptors (Lipinski definition) is 1. The topological polar surface area (TPSA) is 12.0 Å². The molecule has 0 aliphatic rings. The van der Waals surface area contributed by atoms with Gasteiger partial charge in [-0.3, -0.25) is 0 Å². The van der Waals surface area contributed by atoms with Crippen molar-refractivity contribution in [2.75, 3.05) is 6.54 Å². The summed E-state index contributed by atoms with van der Waals surface area (Å²) in [6.07, 6.45) is 3.57. The molecule has 0 aliphatic heterocycles. The summed E-state index contributed by atoms with van der Waals surface area (Å²) >= 11 is 0. The molecule has 1 aromatic carbocycles. The predicted octanol–water partition coefficient (Wildman–Crippen LogP) is 5.68. The maximum atomic E-state index is 3.74. The van der Waals surface area contributed by atoms with Crippen LogP contribution in [0.3, 0.4) is 0 Å². The first-order valence-corrected chi connectivity index (χ1v) is 8.29. The predicted molar refractivity (Wildman–Crippen MR) is 90.3 cm³/mol. The Morgan fingerprint density at radius 3 is 2.00 bits per heavy atom. The Morgan fingerprint density at radius 2 is 1.55 bits per heavy atom. The average Bonchev–Trinajstić information content (AvgIpc) is 2.47. The molecule has 2 unspecified atom stereocenters. The van der Waals surface area contributed by atoms with E-state index < -0.39 is 0 Å². The molecular formula is C19H33N. The van der Waals surface area contributed by atoms with Crippen LogP contribution in [0.1, 0.15) is 83.9 Å². The average molecular weight is 275 g/mol. The summed E-state index contributed by atoms with van der Waals surface area (Å²) in [5.74, 6) is 0.658. The molecule has 0 fully saturated rings. The van der Waals surface area contributed by atoms with Gasteiger partial charge >= 0.3 is 0 Å². The quantitative estimate of drug-likeness (QED) is 0.644. The van der Waals surface area contributed by atoms with E-state index in [1.165, 1.54) is 30.4 Å². The smallest absolute Gasteiger partial charge is 0.0371 e. The van der Waals surface area contributed by atoms with E-state index in [0.717, 1.165) is 6.54 Å². The molecule has 114 valence electrons. The normalized spacial score (nSPS) is 15.1. The van der Waals surface area contributed by atoms with Gasteiger partial charge in [0, 0.05) is 6.04 Å². The molecule has 1 aromatic rings. The summed E-state index contributed by atoms with van der Waals surface area (Å²) in [5.41, 5.74) is 3.17. The molecule has 0 saturated heterocycles. The third-order valence-corrected chi connectivity index (χ3v) is 4.74. The largest absolute Gasteiger partial charge is 0.309 e. The van der Waals surface area contributed by atoms with Crippen molar-refractivity contribution < 1.29 is 0 Å². The molecule has 0 heterocycles. The second-order valence-electron chi connectivity index (χ2n) is 6.71. The van der Waals surface area contributed by atoms with Crippen LogP contribution in [-0.2, 0) is 0 Å². The van der Waals surface area contributed by atoms with Crippen molar-refractivity contribution in [2.24, 2.45) is 5.41 Å². The van der Waals surface area contributed by atoms with Crippen molar-refractivity contribution in [1.29, 1.82) is 0 Å². The van der Waals surface area contributed by atoms with Gasteiger partial charge < -0.3 is 5.32 Å². The summed E-state index contributed by atoms with van der Waals surface area (Å²) in [6.45, 7) is 14.9. The van der Waals surface area contributed by atoms with E-state index in [-0.39, 0.29) is 5.41 Å². The van der Waals surface area contributed by atoms with E-state index >= 15 is 0 Å². The zero-order chi connectivity index (χ0) is 15.2. The van der Waals surface area contributed by atoms with E-state index in [1.54, 1.807) is 0 Å². The van der Waals surface area contributed by atoms with Gasteiger partial charge in [0.25, 0.3) is 0 Å². The van der Waals surface area contributed by atoms with Gasteiger partial charge in [-0.15, -0.1) is 0 Å². The monoisotopic (exact) mass is 275 g/mol. The van der Waals surface area contributed by atoms with Crippen LogP contribution in [0.4, 0.5) is 0 Å². The second-order valence-corrected chi connectivity index (χ2v) is 6.71. The highest BCUT2D eigenvalue weighted by molar-refractivity contribution is 5.28. The lowest BCUT2D eigenvalue weighted by Gasteiger charge is -2.35. The maximum absolute atomic E-state index is 3.74. The van der Waals surface area contributed by atoms with Gasteiger partial charge in [-0.25, -0.2) is 0 Å². The molecule has 0 saturated carbocycles. The number of nitrogens with one attached hydrogen (secondary N) is 1. The minimum absolute atomic E-state index is 0.285. The lowest BCUT2D eigenvalue weighted by molar-refractivity contribution is 0.234. The number of benzene rings is 1. The van der Waals surface area contributed by atoms with Crippen LogP contribution in [-0.4, -0.2) is 6.54 Å². The third kappa shape index (κ3) is 4.34. The molecule has 0 aromatic heterocycles. The fourth-order valence-corrected chi connectivity index (χ4v) is 2.59. The Balaban J connectivity index is 2.96. The van der Waals surface area contributed by atoms with Crippen molar-refractivity contribution in [2.45, 2.75) is 72.8 Å². The molecule has 0 aliphatic carbocycles. The van der Waals surface area contributed by atoms with E-state index in [0.29, 0.717) is 12.0 Å². The molecule has 0 radical (unpaired) electrons. The van der Waals surface area contributed by atoms with Crippen LogP contribution in [0.5, 0.6) is 0 Å². The van der Waals surface area contributed by atoms with Gasteiger partial charge in [-0.05, 0) is 48.3 Å². The van der Waals surface area contributed by atoms with Crippen molar-refractivity contribution >= 4 is 0 Å². The van der Waals surface area contributed by atoms with E-state index in [1.807, 2.05) is 0 Å². The van der Waals surface area contributed by atoms with Gasteiger partial charge in [0.2, 0.25) is 0 Å². The van der Waals surface area contributed by atoms with Crippen LogP contribution in [0.2, 0.25) is 0 Å². The number of rotatable bonds is 8. The van der Waals surface area contributed by atoms with Crippen LogP contribution in [0, 0.1) is 5.41 Å². The summed E-state index contributed by atoms with van der Waals surface area (Å²) in [5, 5.41) is 3.74. The fraction of sp³-hybridized carbons (Fsp3) is 0.684. The minimum atomic E-state index is 0.285. The highest BCUT2D eigenvalue weighted by atomic mass is 14.9. The van der Waals surface area contributed by atoms with E-state index in [2.05, 4.69) is 71.1 Å². The first-order valence-electron chi connectivity index (χ1n) is 8.29. The second kappa shape index (κ2) is 7.83. The van der Waals surface area contributed by atoms with Crippen molar-refractivity contribution in [3.8, 4) is 0 Å². The van der Waals surface area contributed by atoms with Crippen LogP contribution in [0.25, 0.3) is 0 Å². The summed E-state index contributed by atoms with van der Waals surface area (Å²) in [7, 11) is 0. The highest BCUT2D eigenvalue weighted by Crippen LogP contribution is 2.36. The lowest BCUT2D eigenvalue weighted by Crippen LogP contribution is -2.34. The van der Waals surface area contributed by atoms with Gasteiger partial charge in [0.15, 0.2) is 0 Å². The van der Waals surface area contributed by atoms with Crippen LogP contribution >= 0.6 is 0 Å². The van der Waals surface area contributed by atoms with Crippen molar-refractivity contribution in [1.82, 2.24) is 5.32 Å². The lowest BCUT2D eigenvalue weighted by atomic mass is 9.78. The SMILES string of the molecule is CCCNC(c1ccc(C(C)CC)cc1)C(C)(C)CC.